The Morgan fingerprint density at radius 3 is 2.26 bits per heavy atom. The van der Waals surface area contributed by atoms with Crippen molar-refractivity contribution in [1.82, 2.24) is 25.9 Å². The summed E-state index contributed by atoms with van der Waals surface area (Å²) in [5.41, 5.74) is 11.5. The number of carboxylic acid groups (broad SMARTS) is 1. The number of H-pyrrole nitrogens is 1. The molecule has 1 aromatic carbocycles. The molecule has 0 unspecified atom stereocenters. The van der Waals surface area contributed by atoms with Crippen molar-refractivity contribution in [2.45, 2.75) is 43.8 Å². The molecule has 9 N–H and O–H groups in total. The Hall–Kier alpha value is -4.46. The summed E-state index contributed by atoms with van der Waals surface area (Å²) in [6, 6.07) is 4.49. The van der Waals surface area contributed by atoms with Crippen LogP contribution in [0.4, 0.5) is 0 Å². The lowest BCUT2D eigenvalue weighted by Crippen LogP contribution is -2.56. The number of nitrogens with two attached hydrogens (primary N) is 2. The minimum absolute atomic E-state index is 0.0697. The van der Waals surface area contributed by atoms with Crippen LogP contribution in [-0.4, -0.2) is 81.1 Å². The number of imidazole rings is 1. The monoisotopic (exact) mass is 562 g/mol. The van der Waals surface area contributed by atoms with Crippen LogP contribution in [0.25, 0.3) is 0 Å². The van der Waals surface area contributed by atoms with Crippen molar-refractivity contribution < 1.29 is 29.1 Å². The van der Waals surface area contributed by atoms with Crippen LogP contribution in [0.5, 0.6) is 0 Å². The second-order valence-electron chi connectivity index (χ2n) is 8.44. The molecule has 0 saturated heterocycles. The summed E-state index contributed by atoms with van der Waals surface area (Å²) < 4.78 is 0. The molecule has 1 aromatic heterocycles. The number of carbonyl (C=O) groups excluding carboxylic acids is 4. The molecular weight excluding hydrogens is 532 g/mol. The van der Waals surface area contributed by atoms with Gasteiger partial charge in [-0.15, -0.1) is 11.6 Å². The van der Waals surface area contributed by atoms with E-state index in [2.05, 4.69) is 30.9 Å². The van der Waals surface area contributed by atoms with Gasteiger partial charge in [-0.1, -0.05) is 18.2 Å². The third-order valence-corrected chi connectivity index (χ3v) is 5.69. The number of nitrogens with zero attached hydrogens (tertiary/aromatic N) is 2. The average molecular weight is 563 g/mol. The normalized spacial score (nSPS) is 12.8. The fraction of sp³-hybridized carbons (Fsp3) is 0.375. The number of aromatic amines is 1. The predicted octanol–water partition coefficient (Wildman–Crippen LogP) is -0.943. The highest BCUT2D eigenvalue weighted by Gasteiger charge is 2.31. The van der Waals surface area contributed by atoms with Crippen molar-refractivity contribution in [2.24, 2.45) is 16.5 Å². The van der Waals surface area contributed by atoms with Crippen LogP contribution in [0.1, 0.15) is 35.3 Å². The van der Waals surface area contributed by atoms with E-state index in [1.807, 2.05) is 0 Å². The number of benzene rings is 1. The molecule has 15 heteroatoms. The van der Waals surface area contributed by atoms with Crippen LogP contribution in [0.2, 0.25) is 0 Å². The molecule has 2 rings (SSSR count). The Kier molecular flexibility index (Phi) is 12.4. The maximum atomic E-state index is 13.3. The fourth-order valence-corrected chi connectivity index (χ4v) is 3.67. The maximum absolute atomic E-state index is 13.3. The van der Waals surface area contributed by atoms with E-state index < -0.39 is 59.9 Å². The summed E-state index contributed by atoms with van der Waals surface area (Å²) >= 11 is 5.57. The number of alkyl halides is 1. The molecule has 3 atom stereocenters. The number of Topliss-reactive ketones (excluding diaryl/α,β-unsaturated/α-hetero) is 1. The highest BCUT2D eigenvalue weighted by molar-refractivity contribution is 6.28. The molecule has 0 bridgehead atoms. The largest absolute Gasteiger partial charge is 0.481 e. The van der Waals surface area contributed by atoms with Gasteiger partial charge in [-0.25, -0.2) is 4.98 Å². The number of ketones is 1. The van der Waals surface area contributed by atoms with Gasteiger partial charge in [0, 0.05) is 30.4 Å². The molecule has 3 amide bonds. The predicted molar refractivity (Wildman–Crippen MR) is 142 cm³/mol. The van der Waals surface area contributed by atoms with Gasteiger partial charge in [0.25, 0.3) is 5.91 Å². The molecule has 2 aromatic rings. The molecule has 0 aliphatic carbocycles. The molecule has 0 aliphatic heterocycles. The third-order valence-electron chi connectivity index (χ3n) is 5.43. The first-order chi connectivity index (χ1) is 18.6. The number of hydrogen-bond acceptors (Lipinski definition) is 7. The molecule has 0 spiro atoms. The van der Waals surface area contributed by atoms with Crippen molar-refractivity contribution in [2.75, 3.05) is 12.4 Å². The van der Waals surface area contributed by atoms with Gasteiger partial charge >= 0.3 is 5.97 Å². The number of nitrogens with one attached hydrogen (secondary N) is 4. The number of carboxylic acids is 1. The zero-order chi connectivity index (χ0) is 28.8. The molecule has 1 heterocycles. The number of halogens is 1. The van der Waals surface area contributed by atoms with E-state index in [0.29, 0.717) is 17.7 Å². The number of aliphatic imine (C=N–C) groups is 1. The minimum Gasteiger partial charge on any atom is -0.481 e. The minimum atomic E-state index is -1.40. The van der Waals surface area contributed by atoms with E-state index in [1.165, 1.54) is 12.5 Å². The van der Waals surface area contributed by atoms with Gasteiger partial charge in [0.1, 0.15) is 12.1 Å². The second kappa shape index (κ2) is 15.7. The zero-order valence-corrected chi connectivity index (χ0v) is 21.7. The van der Waals surface area contributed by atoms with Crippen molar-refractivity contribution in [1.29, 1.82) is 0 Å². The molecule has 39 heavy (non-hydrogen) atoms. The average Bonchev–Trinajstić information content (AvgIpc) is 3.42. The van der Waals surface area contributed by atoms with Crippen LogP contribution in [0.3, 0.4) is 0 Å². The highest BCUT2D eigenvalue weighted by atomic mass is 35.5. The molecule has 0 aliphatic rings. The lowest BCUT2D eigenvalue weighted by Gasteiger charge is -2.24. The number of amides is 3. The Morgan fingerprint density at radius 1 is 1.00 bits per heavy atom. The van der Waals surface area contributed by atoms with Gasteiger partial charge in [-0.2, -0.15) is 0 Å². The van der Waals surface area contributed by atoms with Crippen LogP contribution in [-0.2, 0) is 25.6 Å². The molecule has 0 saturated carbocycles. The van der Waals surface area contributed by atoms with Gasteiger partial charge in [0.15, 0.2) is 11.7 Å². The van der Waals surface area contributed by atoms with Crippen molar-refractivity contribution in [3.8, 4) is 0 Å². The Bertz CT molecular complexity index is 1150. The Morgan fingerprint density at radius 2 is 1.67 bits per heavy atom. The van der Waals surface area contributed by atoms with Gasteiger partial charge in [-0.05, 0) is 25.0 Å². The standard InChI is InChI=1S/C24H31ClN8O6/c25-11-19(34)17(10-20(35)36)32-23(39)18(9-15-12-28-13-30-15)33-22(38)16(7-4-8-29-24(26)27)31-21(37)14-5-2-1-3-6-14/h1-3,5-6,12-13,16-18H,4,7-11H2,(H,28,30)(H,31,37)(H,32,39)(H,33,38)(H,35,36)(H4,26,27,29)/t16-,17-,18-/m0/s1. The van der Waals surface area contributed by atoms with Crippen molar-refractivity contribution in [3.63, 3.8) is 0 Å². The SMILES string of the molecule is NC(N)=NCCC[C@H](NC(=O)c1ccccc1)C(=O)N[C@@H](Cc1cnc[nH]1)C(=O)N[C@@H](CC(=O)O)C(=O)CCl. The first-order valence-electron chi connectivity index (χ1n) is 11.9. The van der Waals surface area contributed by atoms with E-state index in [0.717, 1.165) is 0 Å². The summed E-state index contributed by atoms with van der Waals surface area (Å²) in [6.07, 6.45) is 2.51. The fourth-order valence-electron chi connectivity index (χ4n) is 3.49. The lowest BCUT2D eigenvalue weighted by molar-refractivity contribution is -0.140. The van der Waals surface area contributed by atoms with E-state index in [4.69, 9.17) is 28.2 Å². The second-order valence-corrected chi connectivity index (χ2v) is 8.71. The molecule has 0 radical (unpaired) electrons. The smallest absolute Gasteiger partial charge is 0.305 e. The topological polar surface area (TPSA) is 235 Å². The van der Waals surface area contributed by atoms with E-state index in [9.17, 15) is 24.0 Å². The highest BCUT2D eigenvalue weighted by Crippen LogP contribution is 2.07. The molecule has 14 nitrogen and oxygen atoms in total. The summed E-state index contributed by atoms with van der Waals surface area (Å²) in [4.78, 5) is 73.1. The number of hydrogen-bond donors (Lipinski definition) is 7. The number of aromatic nitrogens is 2. The molecular formula is C24H31ClN8O6. The summed E-state index contributed by atoms with van der Waals surface area (Å²) in [7, 11) is 0. The van der Waals surface area contributed by atoms with E-state index in [-0.39, 0.29) is 25.3 Å². The van der Waals surface area contributed by atoms with Gasteiger partial charge in [0.05, 0.1) is 24.7 Å². The first kappa shape index (κ1) is 30.8. The number of carbonyl (C=O) groups is 5. The lowest BCUT2D eigenvalue weighted by atomic mass is 10.1. The van der Waals surface area contributed by atoms with Gasteiger partial charge < -0.3 is 37.5 Å². The first-order valence-corrected chi connectivity index (χ1v) is 12.4. The number of rotatable bonds is 16. The summed E-state index contributed by atoms with van der Waals surface area (Å²) in [5, 5.41) is 16.7. The van der Waals surface area contributed by atoms with Crippen LogP contribution < -0.4 is 27.4 Å². The quantitative estimate of drug-likeness (QED) is 0.0577. The molecule has 210 valence electrons. The van der Waals surface area contributed by atoms with E-state index in [1.54, 1.807) is 30.3 Å². The maximum Gasteiger partial charge on any atom is 0.305 e. The Labute approximate surface area is 229 Å². The third kappa shape index (κ3) is 10.8. The molecule has 0 fully saturated rings. The number of aliphatic carboxylic acids is 1. The van der Waals surface area contributed by atoms with Gasteiger partial charge in [0.2, 0.25) is 11.8 Å². The summed E-state index contributed by atoms with van der Waals surface area (Å²) in [6.45, 7) is 0.197. The summed E-state index contributed by atoms with van der Waals surface area (Å²) in [5.74, 6) is -4.69. The van der Waals surface area contributed by atoms with Crippen LogP contribution in [0, 0.1) is 0 Å². The van der Waals surface area contributed by atoms with Crippen molar-refractivity contribution >= 4 is 47.0 Å². The Balaban J connectivity index is 2.24. The van der Waals surface area contributed by atoms with Gasteiger partial charge in [-0.3, -0.25) is 29.0 Å². The number of guanidine groups is 1. The van der Waals surface area contributed by atoms with Crippen molar-refractivity contribution in [3.05, 3.63) is 54.1 Å². The zero-order valence-electron chi connectivity index (χ0n) is 20.9. The van der Waals surface area contributed by atoms with E-state index >= 15 is 0 Å². The van der Waals surface area contributed by atoms with Crippen LogP contribution in [0.15, 0.2) is 47.8 Å². The van der Waals surface area contributed by atoms with Crippen LogP contribution >= 0.6 is 11.6 Å².